The van der Waals surface area contributed by atoms with Crippen LogP contribution in [0.15, 0.2) is 40.9 Å². The van der Waals surface area contributed by atoms with E-state index in [4.69, 9.17) is 5.73 Å². The van der Waals surface area contributed by atoms with Crippen molar-refractivity contribution in [1.29, 1.82) is 0 Å². The summed E-state index contributed by atoms with van der Waals surface area (Å²) in [5.74, 6) is -0.360. The Morgan fingerprint density at radius 1 is 1.20 bits per heavy atom. The van der Waals surface area contributed by atoms with Crippen LogP contribution in [0.4, 0.5) is 26.2 Å². The molecule has 4 N–H and O–H groups in total. The van der Waals surface area contributed by atoms with Gasteiger partial charge in [-0.1, -0.05) is 0 Å². The Labute approximate surface area is 124 Å². The number of nitrogens with two attached hydrogens (primary N) is 1. The van der Waals surface area contributed by atoms with Crippen LogP contribution < -0.4 is 16.4 Å². The average Bonchev–Trinajstić information content (AvgIpc) is 2.36. The summed E-state index contributed by atoms with van der Waals surface area (Å²) in [7, 11) is 0. The van der Waals surface area contributed by atoms with Crippen molar-refractivity contribution in [1.82, 2.24) is 0 Å². The second-order valence-corrected chi connectivity index (χ2v) is 5.15. The van der Waals surface area contributed by atoms with Crippen molar-refractivity contribution in [3.63, 3.8) is 0 Å². The maximum atomic E-state index is 12.8. The molecule has 0 saturated heterocycles. The molecule has 0 aliphatic rings. The Bertz CT molecular complexity index is 620. The van der Waals surface area contributed by atoms with Crippen LogP contribution in [-0.2, 0) is 0 Å². The first-order valence-corrected chi connectivity index (χ1v) is 6.64. The van der Waals surface area contributed by atoms with E-state index in [0.717, 1.165) is 5.56 Å². The molecule has 0 heterocycles. The highest BCUT2D eigenvalue weighted by Gasteiger charge is 2.09. The van der Waals surface area contributed by atoms with Gasteiger partial charge in [-0.3, -0.25) is 0 Å². The maximum absolute atomic E-state index is 12.8. The molecule has 2 aromatic rings. The van der Waals surface area contributed by atoms with Crippen molar-refractivity contribution in [2.24, 2.45) is 0 Å². The van der Waals surface area contributed by atoms with Gasteiger partial charge in [-0.15, -0.1) is 0 Å². The summed E-state index contributed by atoms with van der Waals surface area (Å²) in [6.07, 6.45) is 0. The molecule has 6 heteroatoms. The highest BCUT2D eigenvalue weighted by Crippen LogP contribution is 2.30. The molecule has 20 heavy (non-hydrogen) atoms. The lowest BCUT2D eigenvalue weighted by Crippen LogP contribution is -2.20. The molecule has 0 saturated carbocycles. The summed E-state index contributed by atoms with van der Waals surface area (Å²) in [5, 5.41) is 5.25. The van der Waals surface area contributed by atoms with Gasteiger partial charge in [0.1, 0.15) is 5.82 Å². The topological polar surface area (TPSA) is 67.1 Å². The van der Waals surface area contributed by atoms with E-state index < -0.39 is 6.03 Å². The third-order valence-electron chi connectivity index (χ3n) is 2.61. The predicted molar refractivity (Wildman–Crippen MR) is 82.3 cm³/mol. The zero-order valence-electron chi connectivity index (χ0n) is 10.7. The molecule has 2 aromatic carbocycles. The van der Waals surface area contributed by atoms with Crippen molar-refractivity contribution in [2.45, 2.75) is 6.92 Å². The van der Waals surface area contributed by atoms with Crippen molar-refractivity contribution < 1.29 is 9.18 Å². The van der Waals surface area contributed by atoms with Crippen molar-refractivity contribution >= 4 is 39.0 Å². The molecule has 4 nitrogen and oxygen atoms in total. The molecule has 104 valence electrons. The number of halogens is 2. The van der Waals surface area contributed by atoms with Crippen LogP contribution in [-0.4, -0.2) is 6.03 Å². The number of urea groups is 1. The van der Waals surface area contributed by atoms with Gasteiger partial charge >= 0.3 is 6.03 Å². The summed E-state index contributed by atoms with van der Waals surface area (Å²) in [4.78, 5) is 11.9. The number of nitrogen functional groups attached to an aromatic ring is 1. The van der Waals surface area contributed by atoms with E-state index in [1.165, 1.54) is 24.3 Å². The van der Waals surface area contributed by atoms with Gasteiger partial charge in [0, 0.05) is 10.2 Å². The number of amides is 2. The van der Waals surface area contributed by atoms with Crippen LogP contribution in [0.1, 0.15) is 5.56 Å². The molecule has 0 fully saturated rings. The molecule has 0 aliphatic heterocycles. The van der Waals surface area contributed by atoms with Gasteiger partial charge in [-0.2, -0.15) is 0 Å². The number of carbonyl (C=O) groups is 1. The molecule has 0 atom stereocenters. The number of aryl methyl sites for hydroxylation is 1. The minimum atomic E-state index is -0.451. The molecule has 2 rings (SSSR count). The first kappa shape index (κ1) is 14.3. The number of hydrogen-bond donors (Lipinski definition) is 3. The minimum absolute atomic E-state index is 0.360. The summed E-state index contributed by atoms with van der Waals surface area (Å²) in [5.41, 5.74) is 8.30. The van der Waals surface area contributed by atoms with Gasteiger partial charge in [0.05, 0.1) is 11.4 Å². The normalized spacial score (nSPS) is 10.2. The standard InChI is InChI=1S/C14H13BrFN3O/c1-8-6-11(15)13(12(17)7-8)19-14(20)18-10-4-2-9(16)3-5-10/h2-7H,17H2,1H3,(H2,18,19,20). The van der Waals surface area contributed by atoms with Gasteiger partial charge in [-0.05, 0) is 64.8 Å². The van der Waals surface area contributed by atoms with Crippen LogP contribution >= 0.6 is 15.9 Å². The quantitative estimate of drug-likeness (QED) is 0.721. The van der Waals surface area contributed by atoms with E-state index >= 15 is 0 Å². The van der Waals surface area contributed by atoms with E-state index in [2.05, 4.69) is 26.6 Å². The molecule has 0 aliphatic carbocycles. The lowest BCUT2D eigenvalue weighted by molar-refractivity contribution is 0.262. The van der Waals surface area contributed by atoms with Gasteiger partial charge in [0.2, 0.25) is 0 Å². The van der Waals surface area contributed by atoms with Gasteiger partial charge in [0.15, 0.2) is 0 Å². The Morgan fingerprint density at radius 2 is 1.85 bits per heavy atom. The summed E-state index contributed by atoms with van der Waals surface area (Å²) < 4.78 is 13.5. The highest BCUT2D eigenvalue weighted by molar-refractivity contribution is 9.10. The molecular weight excluding hydrogens is 325 g/mol. The summed E-state index contributed by atoms with van der Waals surface area (Å²) in [6, 6.07) is 8.65. The van der Waals surface area contributed by atoms with Crippen LogP contribution in [0.2, 0.25) is 0 Å². The largest absolute Gasteiger partial charge is 0.397 e. The van der Waals surface area contributed by atoms with Crippen LogP contribution in [0.25, 0.3) is 0 Å². The van der Waals surface area contributed by atoms with Crippen LogP contribution in [0.3, 0.4) is 0 Å². The summed E-state index contributed by atoms with van der Waals surface area (Å²) >= 11 is 3.35. The van der Waals surface area contributed by atoms with Crippen molar-refractivity contribution in [3.8, 4) is 0 Å². The highest BCUT2D eigenvalue weighted by atomic mass is 79.9. The van der Waals surface area contributed by atoms with E-state index in [0.29, 0.717) is 21.5 Å². The molecule has 0 radical (unpaired) electrons. The molecule has 0 bridgehead atoms. The second kappa shape index (κ2) is 5.92. The van der Waals surface area contributed by atoms with E-state index in [9.17, 15) is 9.18 Å². The lowest BCUT2D eigenvalue weighted by atomic mass is 10.2. The molecule has 0 spiro atoms. The Hall–Kier alpha value is -2.08. The number of carbonyl (C=O) groups excluding carboxylic acids is 1. The number of nitrogens with one attached hydrogen (secondary N) is 2. The minimum Gasteiger partial charge on any atom is -0.397 e. The third-order valence-corrected chi connectivity index (χ3v) is 3.23. The Balaban J connectivity index is 2.10. The fourth-order valence-corrected chi connectivity index (χ4v) is 2.40. The van der Waals surface area contributed by atoms with Gasteiger partial charge < -0.3 is 16.4 Å². The number of rotatable bonds is 2. The second-order valence-electron chi connectivity index (χ2n) is 4.30. The lowest BCUT2D eigenvalue weighted by Gasteiger charge is -2.12. The third kappa shape index (κ3) is 3.48. The van der Waals surface area contributed by atoms with E-state index in [1.807, 2.05) is 13.0 Å². The van der Waals surface area contributed by atoms with Crippen LogP contribution in [0, 0.1) is 12.7 Å². The van der Waals surface area contributed by atoms with Gasteiger partial charge in [0.25, 0.3) is 0 Å². The molecule has 2 amide bonds. The zero-order chi connectivity index (χ0) is 14.7. The molecule has 0 unspecified atom stereocenters. The van der Waals surface area contributed by atoms with Gasteiger partial charge in [-0.25, -0.2) is 9.18 Å². The number of hydrogen-bond acceptors (Lipinski definition) is 2. The summed E-state index contributed by atoms with van der Waals surface area (Å²) in [6.45, 7) is 1.91. The Morgan fingerprint density at radius 3 is 2.45 bits per heavy atom. The molecule has 0 aromatic heterocycles. The zero-order valence-corrected chi connectivity index (χ0v) is 12.3. The monoisotopic (exact) mass is 337 g/mol. The van der Waals surface area contributed by atoms with E-state index in [1.54, 1.807) is 6.07 Å². The first-order valence-electron chi connectivity index (χ1n) is 5.85. The Kier molecular flexibility index (Phi) is 4.24. The van der Waals surface area contributed by atoms with E-state index in [-0.39, 0.29) is 5.82 Å². The first-order chi connectivity index (χ1) is 9.45. The van der Waals surface area contributed by atoms with Crippen molar-refractivity contribution in [3.05, 3.63) is 52.3 Å². The predicted octanol–water partition coefficient (Wildman–Crippen LogP) is 4.12. The maximum Gasteiger partial charge on any atom is 0.323 e. The fourth-order valence-electron chi connectivity index (χ4n) is 1.71. The average molecular weight is 338 g/mol. The SMILES string of the molecule is Cc1cc(N)c(NC(=O)Nc2ccc(F)cc2)c(Br)c1. The molecular formula is C14H13BrFN3O. The number of benzene rings is 2. The smallest absolute Gasteiger partial charge is 0.323 e. The number of anilines is 3. The van der Waals surface area contributed by atoms with Crippen molar-refractivity contribution in [2.75, 3.05) is 16.4 Å². The van der Waals surface area contributed by atoms with Crippen LogP contribution in [0.5, 0.6) is 0 Å². The fraction of sp³-hybridized carbons (Fsp3) is 0.0714.